The topological polar surface area (TPSA) is 56.7 Å². The number of aryl methyl sites for hydroxylation is 1. The van der Waals surface area contributed by atoms with Gasteiger partial charge in [0, 0.05) is 25.8 Å². The van der Waals surface area contributed by atoms with E-state index in [0.717, 1.165) is 31.6 Å². The van der Waals surface area contributed by atoms with Crippen LogP contribution in [0.1, 0.15) is 25.8 Å². The van der Waals surface area contributed by atoms with Crippen molar-refractivity contribution in [2.45, 2.75) is 26.7 Å². The van der Waals surface area contributed by atoms with Gasteiger partial charge in [-0.1, -0.05) is 32.0 Å². The Morgan fingerprint density at radius 3 is 2.74 bits per heavy atom. The average molecular weight is 430 g/mol. The van der Waals surface area contributed by atoms with E-state index >= 15 is 0 Å². The first-order chi connectivity index (χ1) is 10.6. The zero-order valence-corrected chi connectivity index (χ0v) is 16.5. The Kier molecular flexibility index (Phi) is 8.36. The maximum atomic E-state index is 12.5. The summed E-state index contributed by atoms with van der Waals surface area (Å²) in [4.78, 5) is 18.5. The van der Waals surface area contributed by atoms with Crippen LogP contribution in [0.4, 0.5) is 5.69 Å². The van der Waals surface area contributed by atoms with Crippen molar-refractivity contribution in [3.05, 3.63) is 29.8 Å². The lowest BCUT2D eigenvalue weighted by molar-refractivity contribution is -0.117. The highest BCUT2D eigenvalue weighted by Gasteiger charge is 2.21. The number of hydrogen-bond donors (Lipinski definition) is 2. The molecule has 1 heterocycles. The number of nitrogens with one attached hydrogen (secondary N) is 2. The Morgan fingerprint density at radius 2 is 2.04 bits per heavy atom. The third-order valence-corrected chi connectivity index (χ3v) is 3.72. The van der Waals surface area contributed by atoms with Crippen molar-refractivity contribution in [2.75, 3.05) is 31.6 Å². The molecule has 6 heteroatoms. The first kappa shape index (κ1) is 19.7. The molecule has 0 radical (unpaired) electrons. The van der Waals surface area contributed by atoms with E-state index in [-0.39, 0.29) is 36.4 Å². The molecule has 0 fully saturated rings. The molecular formula is C17H27IN4O. The van der Waals surface area contributed by atoms with Crippen molar-refractivity contribution in [1.82, 2.24) is 10.6 Å². The smallest absolute Gasteiger partial charge is 0.246 e. The first-order valence-electron chi connectivity index (χ1n) is 7.94. The van der Waals surface area contributed by atoms with E-state index in [0.29, 0.717) is 11.9 Å². The summed E-state index contributed by atoms with van der Waals surface area (Å²) in [6.07, 6.45) is 2.06. The summed E-state index contributed by atoms with van der Waals surface area (Å²) in [5.41, 5.74) is 2.30. The highest BCUT2D eigenvalue weighted by atomic mass is 127. The summed E-state index contributed by atoms with van der Waals surface area (Å²) >= 11 is 0. The molecule has 0 aromatic heterocycles. The second-order valence-electron chi connectivity index (χ2n) is 5.98. The number of hydrogen-bond acceptors (Lipinski definition) is 2. The molecule has 2 rings (SSSR count). The fourth-order valence-electron chi connectivity index (χ4n) is 2.57. The number of aliphatic imine (C=N–C) groups is 1. The number of guanidine groups is 1. The van der Waals surface area contributed by atoms with Gasteiger partial charge in [0.15, 0.2) is 5.96 Å². The van der Waals surface area contributed by atoms with E-state index in [2.05, 4.69) is 35.5 Å². The van der Waals surface area contributed by atoms with Crippen molar-refractivity contribution < 1.29 is 4.79 Å². The molecule has 1 aromatic carbocycles. The van der Waals surface area contributed by atoms with E-state index in [1.165, 1.54) is 5.56 Å². The zero-order valence-electron chi connectivity index (χ0n) is 14.1. The molecule has 0 spiro atoms. The quantitative estimate of drug-likeness (QED) is 0.438. The normalized spacial score (nSPS) is 14.1. The monoisotopic (exact) mass is 430 g/mol. The van der Waals surface area contributed by atoms with Gasteiger partial charge < -0.3 is 15.5 Å². The lowest BCUT2D eigenvalue weighted by atomic mass is 10.0. The zero-order chi connectivity index (χ0) is 15.9. The number of carbonyl (C=O) groups is 1. The number of halogens is 1. The molecule has 128 valence electrons. The molecule has 1 aromatic rings. The molecule has 5 nitrogen and oxygen atoms in total. The summed E-state index contributed by atoms with van der Waals surface area (Å²) in [5.74, 6) is 1.29. The molecule has 1 aliphatic rings. The standard InChI is InChI=1S/C17H26N4O.HI/c1-13(2)11-19-17(18-3)20-12-16(22)21-10-6-8-14-7-4-5-9-15(14)21;/h4-5,7,9,13H,6,8,10-12H2,1-3H3,(H2,18,19,20);1H. The van der Waals surface area contributed by atoms with Gasteiger partial charge in [0.2, 0.25) is 5.91 Å². The Hall–Kier alpha value is -1.31. The molecule has 0 bridgehead atoms. The largest absolute Gasteiger partial charge is 0.356 e. The van der Waals surface area contributed by atoms with Gasteiger partial charge in [0.25, 0.3) is 0 Å². The van der Waals surface area contributed by atoms with Gasteiger partial charge in [-0.3, -0.25) is 9.79 Å². The minimum atomic E-state index is 0. The predicted molar refractivity (Wildman–Crippen MR) is 107 cm³/mol. The molecule has 1 aliphatic heterocycles. The van der Waals surface area contributed by atoms with Gasteiger partial charge in [-0.2, -0.15) is 0 Å². The molecule has 0 saturated heterocycles. The number of benzene rings is 1. The van der Waals surface area contributed by atoms with Gasteiger partial charge in [-0.05, 0) is 30.4 Å². The van der Waals surface area contributed by atoms with Crippen LogP contribution in [-0.4, -0.2) is 38.5 Å². The number of fused-ring (bicyclic) bond motifs is 1. The van der Waals surface area contributed by atoms with Crippen LogP contribution in [0.15, 0.2) is 29.3 Å². The molecule has 1 amide bonds. The van der Waals surface area contributed by atoms with Crippen molar-refractivity contribution >= 4 is 41.5 Å². The Labute approximate surface area is 156 Å². The summed E-state index contributed by atoms with van der Waals surface area (Å²) < 4.78 is 0. The van der Waals surface area contributed by atoms with E-state index in [4.69, 9.17) is 0 Å². The minimum absolute atomic E-state index is 0. The average Bonchev–Trinajstić information content (AvgIpc) is 2.54. The van der Waals surface area contributed by atoms with Crippen molar-refractivity contribution in [3.63, 3.8) is 0 Å². The lowest BCUT2D eigenvalue weighted by Crippen LogP contribution is -2.46. The van der Waals surface area contributed by atoms with E-state index < -0.39 is 0 Å². The Balaban J connectivity index is 0.00000264. The lowest BCUT2D eigenvalue weighted by Gasteiger charge is -2.29. The van der Waals surface area contributed by atoms with Gasteiger partial charge in [0.1, 0.15) is 0 Å². The van der Waals surface area contributed by atoms with E-state index in [1.807, 2.05) is 23.1 Å². The van der Waals surface area contributed by atoms with Crippen LogP contribution in [0.3, 0.4) is 0 Å². The number of anilines is 1. The molecule has 0 aliphatic carbocycles. The summed E-state index contributed by atoms with van der Waals surface area (Å²) in [6, 6.07) is 8.15. The third-order valence-electron chi connectivity index (χ3n) is 3.72. The van der Waals surface area contributed by atoms with Crippen LogP contribution in [0.25, 0.3) is 0 Å². The van der Waals surface area contributed by atoms with Crippen molar-refractivity contribution in [2.24, 2.45) is 10.9 Å². The third kappa shape index (κ3) is 5.67. The molecule has 23 heavy (non-hydrogen) atoms. The summed E-state index contributed by atoms with van der Waals surface area (Å²) in [5, 5.41) is 6.31. The summed E-state index contributed by atoms with van der Waals surface area (Å²) in [6.45, 7) is 6.15. The first-order valence-corrected chi connectivity index (χ1v) is 7.94. The fraction of sp³-hybridized carbons (Fsp3) is 0.529. The number of rotatable bonds is 4. The Morgan fingerprint density at radius 1 is 1.30 bits per heavy atom. The number of amides is 1. The summed E-state index contributed by atoms with van der Waals surface area (Å²) in [7, 11) is 1.72. The van der Waals surface area contributed by atoms with Gasteiger partial charge in [-0.15, -0.1) is 24.0 Å². The van der Waals surface area contributed by atoms with Crippen LogP contribution >= 0.6 is 24.0 Å². The minimum Gasteiger partial charge on any atom is -0.356 e. The number of nitrogens with zero attached hydrogens (tertiary/aromatic N) is 2. The maximum absolute atomic E-state index is 12.5. The number of carbonyl (C=O) groups excluding carboxylic acids is 1. The molecular weight excluding hydrogens is 403 g/mol. The predicted octanol–water partition coefficient (Wildman–Crippen LogP) is 2.40. The van der Waals surface area contributed by atoms with Crippen LogP contribution in [0.5, 0.6) is 0 Å². The van der Waals surface area contributed by atoms with Gasteiger partial charge >= 0.3 is 0 Å². The van der Waals surface area contributed by atoms with Crippen LogP contribution in [0, 0.1) is 5.92 Å². The molecule has 2 N–H and O–H groups in total. The fourth-order valence-corrected chi connectivity index (χ4v) is 2.57. The molecule has 0 atom stereocenters. The molecule has 0 unspecified atom stereocenters. The van der Waals surface area contributed by atoms with Gasteiger partial charge in [0.05, 0.1) is 6.54 Å². The second kappa shape index (κ2) is 9.75. The number of para-hydroxylation sites is 1. The SMILES string of the molecule is CN=C(NCC(=O)N1CCCc2ccccc21)NCC(C)C.I. The Bertz CT molecular complexity index is 545. The van der Waals surface area contributed by atoms with Crippen molar-refractivity contribution in [1.29, 1.82) is 0 Å². The van der Waals surface area contributed by atoms with Crippen LogP contribution in [-0.2, 0) is 11.2 Å². The highest BCUT2D eigenvalue weighted by Crippen LogP contribution is 2.26. The maximum Gasteiger partial charge on any atom is 0.246 e. The van der Waals surface area contributed by atoms with Gasteiger partial charge in [-0.25, -0.2) is 0 Å². The molecule has 0 saturated carbocycles. The van der Waals surface area contributed by atoms with Crippen LogP contribution in [0.2, 0.25) is 0 Å². The van der Waals surface area contributed by atoms with Crippen molar-refractivity contribution in [3.8, 4) is 0 Å². The van der Waals surface area contributed by atoms with Crippen LogP contribution < -0.4 is 15.5 Å². The highest BCUT2D eigenvalue weighted by molar-refractivity contribution is 14.0. The van der Waals surface area contributed by atoms with E-state index in [9.17, 15) is 4.79 Å². The van der Waals surface area contributed by atoms with E-state index in [1.54, 1.807) is 7.05 Å². The second-order valence-corrected chi connectivity index (χ2v) is 5.98.